The molecule has 1 aliphatic rings. The van der Waals surface area contributed by atoms with Crippen molar-refractivity contribution >= 4 is 5.91 Å². The molecule has 1 heterocycles. The Morgan fingerprint density at radius 3 is 2.23 bits per heavy atom. The van der Waals surface area contributed by atoms with E-state index >= 15 is 0 Å². The van der Waals surface area contributed by atoms with Gasteiger partial charge >= 0.3 is 0 Å². The number of hydrogen-bond donors (Lipinski definition) is 3. The zero-order valence-corrected chi connectivity index (χ0v) is 8.61. The van der Waals surface area contributed by atoms with E-state index in [1.165, 1.54) is 0 Å². The first-order valence-corrected chi connectivity index (χ1v) is 4.66. The van der Waals surface area contributed by atoms with Crippen molar-refractivity contribution in [2.24, 2.45) is 11.1 Å². The predicted molar refractivity (Wildman–Crippen MR) is 52.3 cm³/mol. The van der Waals surface area contributed by atoms with Crippen LogP contribution in [0.3, 0.4) is 0 Å². The summed E-state index contributed by atoms with van der Waals surface area (Å²) in [6.07, 6.45) is 0. The van der Waals surface area contributed by atoms with E-state index in [0.717, 1.165) is 13.1 Å². The molecule has 0 aromatic heterocycles. The van der Waals surface area contributed by atoms with Crippen LogP contribution in [-0.2, 0) is 4.79 Å². The van der Waals surface area contributed by atoms with Gasteiger partial charge in [0.05, 0.1) is 0 Å². The molecule has 0 aromatic carbocycles. The summed E-state index contributed by atoms with van der Waals surface area (Å²) in [6, 6.07) is 0. The van der Waals surface area contributed by atoms with Gasteiger partial charge in [-0.05, 0) is 5.41 Å². The number of piperazine rings is 1. The van der Waals surface area contributed by atoms with Gasteiger partial charge in [-0.2, -0.15) is 0 Å². The van der Waals surface area contributed by atoms with Crippen LogP contribution in [0.2, 0.25) is 0 Å². The molecule has 1 saturated heterocycles. The first-order valence-electron chi connectivity index (χ1n) is 4.66. The molecule has 0 radical (unpaired) electrons. The topological polar surface area (TPSA) is 67.2 Å². The van der Waals surface area contributed by atoms with Crippen LogP contribution in [0.4, 0.5) is 0 Å². The number of hydrogen-bond acceptors (Lipinski definition) is 3. The van der Waals surface area contributed by atoms with E-state index in [-0.39, 0.29) is 11.3 Å². The molecule has 1 amide bonds. The number of carbonyl (C=O) groups excluding carboxylic acids is 1. The summed E-state index contributed by atoms with van der Waals surface area (Å²) >= 11 is 0. The molecule has 1 atom stereocenters. The van der Waals surface area contributed by atoms with Gasteiger partial charge in [-0.15, -0.1) is 0 Å². The smallest absolute Gasteiger partial charge is 0.239 e. The van der Waals surface area contributed by atoms with Gasteiger partial charge in [-0.25, -0.2) is 0 Å². The molecule has 0 bridgehead atoms. The Hall–Kier alpha value is -0.610. The summed E-state index contributed by atoms with van der Waals surface area (Å²) in [6.45, 7) is 8.38. The van der Waals surface area contributed by atoms with E-state index in [1.54, 1.807) is 0 Å². The van der Waals surface area contributed by atoms with E-state index in [9.17, 15) is 4.79 Å². The van der Waals surface area contributed by atoms with Crippen LogP contribution < -0.4 is 16.4 Å². The Morgan fingerprint density at radius 2 is 2.00 bits per heavy atom. The Kier molecular flexibility index (Phi) is 2.63. The first-order chi connectivity index (χ1) is 5.90. The van der Waals surface area contributed by atoms with Crippen molar-refractivity contribution in [3.8, 4) is 0 Å². The summed E-state index contributed by atoms with van der Waals surface area (Å²) in [5.74, 6) is -0.271. The fraction of sp³-hybridized carbons (Fsp3) is 0.889. The molecule has 76 valence electrons. The lowest BCUT2D eigenvalue weighted by atomic mass is 9.72. The fourth-order valence-corrected chi connectivity index (χ4v) is 1.78. The number of carbonyl (C=O) groups is 1. The third-order valence-corrected chi connectivity index (χ3v) is 2.82. The standard InChI is InChI=1S/C9H19N3O/c1-8(2,3)9(7(10)13)6-11-4-5-12-9/h11-12H,4-6H2,1-3H3,(H2,10,13)/t9-/m0/s1. The van der Waals surface area contributed by atoms with Crippen molar-refractivity contribution in [1.29, 1.82) is 0 Å². The summed E-state index contributed by atoms with van der Waals surface area (Å²) in [7, 11) is 0. The highest BCUT2D eigenvalue weighted by Crippen LogP contribution is 2.30. The minimum absolute atomic E-state index is 0.160. The molecule has 0 aromatic rings. The lowest BCUT2D eigenvalue weighted by Gasteiger charge is -2.45. The van der Waals surface area contributed by atoms with Crippen molar-refractivity contribution in [3.63, 3.8) is 0 Å². The maximum Gasteiger partial charge on any atom is 0.239 e. The molecular weight excluding hydrogens is 166 g/mol. The summed E-state index contributed by atoms with van der Waals surface area (Å²) in [5.41, 5.74) is 4.68. The third kappa shape index (κ3) is 1.69. The predicted octanol–water partition coefficient (Wildman–Crippen LogP) is -0.551. The van der Waals surface area contributed by atoms with Gasteiger partial charge in [0.15, 0.2) is 0 Å². The fourth-order valence-electron chi connectivity index (χ4n) is 1.78. The summed E-state index contributed by atoms with van der Waals surface area (Å²) < 4.78 is 0. The number of nitrogens with two attached hydrogens (primary N) is 1. The van der Waals surface area contributed by atoms with Gasteiger partial charge < -0.3 is 16.4 Å². The SMILES string of the molecule is CC(C)(C)[C@@]1(C(N)=O)CNCCN1. The lowest BCUT2D eigenvalue weighted by molar-refractivity contribution is -0.129. The Morgan fingerprint density at radius 1 is 1.38 bits per heavy atom. The van der Waals surface area contributed by atoms with Gasteiger partial charge in [0.25, 0.3) is 0 Å². The first kappa shape index (κ1) is 10.5. The van der Waals surface area contributed by atoms with Gasteiger partial charge in [0.2, 0.25) is 5.91 Å². The molecule has 0 unspecified atom stereocenters. The molecule has 13 heavy (non-hydrogen) atoms. The Bertz CT molecular complexity index is 201. The molecular formula is C9H19N3O. The van der Waals surface area contributed by atoms with Crippen LogP contribution >= 0.6 is 0 Å². The molecule has 4 N–H and O–H groups in total. The average molecular weight is 185 g/mol. The normalized spacial score (nSPS) is 30.1. The second kappa shape index (κ2) is 3.27. The van der Waals surface area contributed by atoms with Gasteiger partial charge in [0.1, 0.15) is 5.54 Å². The number of rotatable bonds is 1. The third-order valence-electron chi connectivity index (χ3n) is 2.82. The van der Waals surface area contributed by atoms with Crippen LogP contribution in [0.5, 0.6) is 0 Å². The highest BCUT2D eigenvalue weighted by atomic mass is 16.1. The second-order valence-corrected chi connectivity index (χ2v) is 4.62. The molecule has 4 nitrogen and oxygen atoms in total. The van der Waals surface area contributed by atoms with Crippen molar-refractivity contribution in [2.45, 2.75) is 26.3 Å². The molecule has 0 spiro atoms. The monoisotopic (exact) mass is 185 g/mol. The highest BCUT2D eigenvalue weighted by molar-refractivity contribution is 5.86. The average Bonchev–Trinajstić information content (AvgIpc) is 2.03. The second-order valence-electron chi connectivity index (χ2n) is 4.62. The van der Waals surface area contributed by atoms with Gasteiger partial charge in [-0.1, -0.05) is 20.8 Å². The minimum atomic E-state index is -0.606. The molecule has 1 rings (SSSR count). The maximum absolute atomic E-state index is 11.4. The quantitative estimate of drug-likeness (QED) is 0.513. The van der Waals surface area contributed by atoms with Crippen LogP contribution in [0.25, 0.3) is 0 Å². The summed E-state index contributed by atoms with van der Waals surface area (Å²) in [5, 5.41) is 6.44. The van der Waals surface area contributed by atoms with Crippen molar-refractivity contribution < 1.29 is 4.79 Å². The number of amides is 1. The van der Waals surface area contributed by atoms with Crippen LogP contribution in [0.15, 0.2) is 0 Å². The van der Waals surface area contributed by atoms with Gasteiger partial charge in [0, 0.05) is 19.6 Å². The zero-order valence-electron chi connectivity index (χ0n) is 8.61. The van der Waals surface area contributed by atoms with E-state index < -0.39 is 5.54 Å². The molecule has 0 saturated carbocycles. The molecule has 0 aliphatic carbocycles. The van der Waals surface area contributed by atoms with E-state index in [1.807, 2.05) is 20.8 Å². The largest absolute Gasteiger partial charge is 0.368 e. The van der Waals surface area contributed by atoms with Crippen LogP contribution in [0.1, 0.15) is 20.8 Å². The van der Waals surface area contributed by atoms with E-state index in [4.69, 9.17) is 5.73 Å². The maximum atomic E-state index is 11.4. The van der Waals surface area contributed by atoms with E-state index in [2.05, 4.69) is 10.6 Å². The minimum Gasteiger partial charge on any atom is -0.368 e. The summed E-state index contributed by atoms with van der Waals surface area (Å²) in [4.78, 5) is 11.4. The Balaban J connectivity index is 2.93. The zero-order chi connectivity index (χ0) is 10.1. The van der Waals surface area contributed by atoms with Crippen LogP contribution in [0, 0.1) is 5.41 Å². The molecule has 1 fully saturated rings. The highest BCUT2D eigenvalue weighted by Gasteiger charge is 2.47. The van der Waals surface area contributed by atoms with E-state index in [0.29, 0.717) is 6.54 Å². The Labute approximate surface area is 79.3 Å². The molecule has 4 heteroatoms. The number of primary amides is 1. The van der Waals surface area contributed by atoms with Crippen molar-refractivity contribution in [3.05, 3.63) is 0 Å². The van der Waals surface area contributed by atoms with Crippen LogP contribution in [-0.4, -0.2) is 31.1 Å². The number of nitrogens with one attached hydrogen (secondary N) is 2. The van der Waals surface area contributed by atoms with Gasteiger partial charge in [-0.3, -0.25) is 4.79 Å². The lowest BCUT2D eigenvalue weighted by Crippen LogP contribution is -2.71. The molecule has 1 aliphatic heterocycles. The van der Waals surface area contributed by atoms with Crippen molar-refractivity contribution in [1.82, 2.24) is 10.6 Å². The van der Waals surface area contributed by atoms with Crippen molar-refractivity contribution in [2.75, 3.05) is 19.6 Å².